The van der Waals surface area contributed by atoms with Crippen LogP contribution >= 0.6 is 7.82 Å². The molecule has 0 aliphatic heterocycles. The second-order valence-electron chi connectivity index (χ2n) is 6.88. The third-order valence-electron chi connectivity index (χ3n) is 4.90. The number of phosphoric acid groups is 1. The maximum Gasteiger partial charge on any atom is 0.584 e. The van der Waals surface area contributed by atoms with Crippen molar-refractivity contribution in [3.05, 3.63) is 90.0 Å². The average Bonchev–Trinajstić information content (AvgIpc) is 2.78. The van der Waals surface area contributed by atoms with Gasteiger partial charge in [-0.2, -0.15) is 0 Å². The fourth-order valence-corrected chi connectivity index (χ4v) is 4.27. The smallest absolute Gasteiger partial charge is 0.497 e. The molecule has 0 fully saturated rings. The highest BCUT2D eigenvalue weighted by atomic mass is 31.2. The van der Waals surface area contributed by atoms with E-state index in [1.807, 2.05) is 24.3 Å². The van der Waals surface area contributed by atoms with Gasteiger partial charge < -0.3 is 13.8 Å². The normalized spacial score (nSPS) is 13.7. The first-order valence-corrected chi connectivity index (χ1v) is 11.7. The summed E-state index contributed by atoms with van der Waals surface area (Å²) in [4.78, 5) is 10.1. The summed E-state index contributed by atoms with van der Waals surface area (Å²) in [7, 11) is -2.63. The Bertz CT molecular complexity index is 1060. The maximum absolute atomic E-state index is 12.3. The lowest BCUT2D eigenvalue weighted by Gasteiger charge is -2.16. The Morgan fingerprint density at radius 2 is 1.13 bits per heavy atom. The van der Waals surface area contributed by atoms with Gasteiger partial charge in [-0.25, -0.2) is 4.57 Å². The quantitative estimate of drug-likeness (QED) is 0.288. The van der Waals surface area contributed by atoms with Gasteiger partial charge in [0.05, 0.1) is 7.11 Å². The van der Waals surface area contributed by atoms with Gasteiger partial charge in [-0.3, -0.25) is 4.89 Å². The van der Waals surface area contributed by atoms with Crippen LogP contribution in [0, 0.1) is 0 Å². The molecule has 0 heterocycles. The van der Waals surface area contributed by atoms with Crippen molar-refractivity contribution in [3.63, 3.8) is 0 Å². The molecule has 0 saturated heterocycles. The molecule has 3 aromatic carbocycles. The van der Waals surface area contributed by atoms with Crippen molar-refractivity contribution >= 4 is 19.0 Å². The number of hydrogen-bond acceptors (Lipinski definition) is 4. The highest BCUT2D eigenvalue weighted by Crippen LogP contribution is 2.44. The maximum atomic E-state index is 12.3. The summed E-state index contributed by atoms with van der Waals surface area (Å²) < 4.78 is 27.9. The monoisotopic (exact) mass is 438 g/mol. The van der Waals surface area contributed by atoms with E-state index in [0.29, 0.717) is 0 Å². The molecule has 0 bridgehead atoms. The summed E-state index contributed by atoms with van der Waals surface area (Å²) in [6.07, 6.45) is 1.73. The van der Waals surface area contributed by atoms with Gasteiger partial charge >= 0.3 is 7.82 Å². The van der Waals surface area contributed by atoms with Crippen LogP contribution in [0.5, 0.6) is 17.2 Å². The highest BCUT2D eigenvalue weighted by molar-refractivity contribution is 7.48. The standard InChI is InChI=1S/C25H27O5P/c1-4-24(19-11-15-21(28-3)16-12-19)25(5-2)20-13-17-23(18-14-20)30-31(26,27)29-22-9-7-6-8-10-22/h6-18H,4-5H2,1-3H3,(H,26,27)/b25-24+. The largest absolute Gasteiger partial charge is 0.584 e. The zero-order valence-corrected chi connectivity index (χ0v) is 18.8. The van der Waals surface area contributed by atoms with Gasteiger partial charge in [-0.15, -0.1) is 0 Å². The van der Waals surface area contributed by atoms with Crippen LogP contribution in [0.2, 0.25) is 0 Å². The Labute approximate surface area is 183 Å². The molecule has 0 aromatic heterocycles. The number of allylic oxidation sites excluding steroid dienone is 2. The van der Waals surface area contributed by atoms with Crippen LogP contribution in [-0.2, 0) is 4.57 Å². The van der Waals surface area contributed by atoms with Crippen LogP contribution in [0.25, 0.3) is 11.1 Å². The average molecular weight is 438 g/mol. The minimum absolute atomic E-state index is 0.267. The summed E-state index contributed by atoms with van der Waals surface area (Å²) in [6.45, 7) is 4.25. The summed E-state index contributed by atoms with van der Waals surface area (Å²) in [5, 5.41) is 0. The van der Waals surface area contributed by atoms with Gasteiger partial charge in [0.15, 0.2) is 0 Å². The fourth-order valence-electron chi connectivity index (χ4n) is 3.46. The zero-order valence-electron chi connectivity index (χ0n) is 17.9. The summed E-state index contributed by atoms with van der Waals surface area (Å²) >= 11 is 0. The molecule has 1 atom stereocenters. The van der Waals surface area contributed by atoms with E-state index >= 15 is 0 Å². The molecule has 6 heteroatoms. The first-order chi connectivity index (χ1) is 15.0. The molecule has 0 aliphatic rings. The molecule has 0 aliphatic carbocycles. The van der Waals surface area contributed by atoms with Gasteiger partial charge in [-0.05, 0) is 71.5 Å². The Morgan fingerprint density at radius 3 is 1.55 bits per heavy atom. The topological polar surface area (TPSA) is 65.0 Å². The van der Waals surface area contributed by atoms with E-state index < -0.39 is 7.82 Å². The summed E-state index contributed by atoms with van der Waals surface area (Å²) in [5.41, 5.74) is 4.65. The molecule has 1 unspecified atom stereocenters. The molecule has 0 amide bonds. The molecule has 3 rings (SSSR count). The second-order valence-corrected chi connectivity index (χ2v) is 8.18. The number of benzene rings is 3. The number of rotatable bonds is 9. The van der Waals surface area contributed by atoms with Crippen molar-refractivity contribution in [1.29, 1.82) is 0 Å². The van der Waals surface area contributed by atoms with Crippen molar-refractivity contribution in [2.45, 2.75) is 26.7 Å². The summed E-state index contributed by atoms with van der Waals surface area (Å²) in [5.74, 6) is 1.36. The minimum Gasteiger partial charge on any atom is -0.497 e. The molecular weight excluding hydrogens is 411 g/mol. The van der Waals surface area contributed by atoms with E-state index in [1.54, 1.807) is 49.6 Å². The zero-order chi connectivity index (χ0) is 22.3. The van der Waals surface area contributed by atoms with E-state index in [0.717, 1.165) is 29.7 Å². The van der Waals surface area contributed by atoms with Crippen molar-refractivity contribution in [2.24, 2.45) is 0 Å². The lowest BCUT2D eigenvalue weighted by molar-refractivity contribution is 0.291. The van der Waals surface area contributed by atoms with Crippen molar-refractivity contribution in [1.82, 2.24) is 0 Å². The lowest BCUT2D eigenvalue weighted by atomic mass is 9.91. The van der Waals surface area contributed by atoms with Gasteiger partial charge in [0.1, 0.15) is 17.2 Å². The molecule has 0 spiro atoms. The van der Waals surface area contributed by atoms with E-state index in [4.69, 9.17) is 13.8 Å². The van der Waals surface area contributed by atoms with Gasteiger partial charge in [0.2, 0.25) is 0 Å². The SMILES string of the molecule is CC/C(=C(/CC)c1ccc(OP(=O)(O)Oc2ccccc2)cc1)c1ccc(OC)cc1. The predicted molar refractivity (Wildman–Crippen MR) is 124 cm³/mol. The van der Waals surface area contributed by atoms with Crippen LogP contribution in [0.15, 0.2) is 78.9 Å². The highest BCUT2D eigenvalue weighted by Gasteiger charge is 2.25. The molecule has 0 radical (unpaired) electrons. The van der Waals surface area contributed by atoms with E-state index in [-0.39, 0.29) is 11.5 Å². The number of methoxy groups -OCH3 is 1. The van der Waals surface area contributed by atoms with Crippen LogP contribution < -0.4 is 13.8 Å². The van der Waals surface area contributed by atoms with Crippen LogP contribution in [0.1, 0.15) is 37.8 Å². The Morgan fingerprint density at radius 1 is 0.710 bits per heavy atom. The van der Waals surface area contributed by atoms with Crippen molar-refractivity contribution in [2.75, 3.05) is 7.11 Å². The Balaban J connectivity index is 1.82. The number of phosphoric ester groups is 1. The third-order valence-corrected chi connectivity index (χ3v) is 5.78. The summed E-state index contributed by atoms with van der Waals surface area (Å²) in [6, 6.07) is 23.6. The van der Waals surface area contributed by atoms with Gasteiger partial charge in [0.25, 0.3) is 0 Å². The third kappa shape index (κ3) is 6.00. The van der Waals surface area contributed by atoms with E-state index in [2.05, 4.69) is 26.0 Å². The molecule has 5 nitrogen and oxygen atoms in total. The molecule has 162 valence electrons. The first kappa shape index (κ1) is 22.7. The molecule has 31 heavy (non-hydrogen) atoms. The van der Waals surface area contributed by atoms with Gasteiger partial charge in [-0.1, -0.05) is 56.3 Å². The van der Waals surface area contributed by atoms with Crippen LogP contribution in [0.3, 0.4) is 0 Å². The van der Waals surface area contributed by atoms with Crippen LogP contribution in [0.4, 0.5) is 0 Å². The number of ether oxygens (including phenoxy) is 1. The lowest BCUT2D eigenvalue weighted by Crippen LogP contribution is -2.00. The Kier molecular flexibility index (Phi) is 7.56. The van der Waals surface area contributed by atoms with Crippen molar-refractivity contribution in [3.8, 4) is 17.2 Å². The first-order valence-electron chi connectivity index (χ1n) is 10.2. The van der Waals surface area contributed by atoms with Crippen molar-refractivity contribution < 1.29 is 23.2 Å². The molecule has 1 N–H and O–H groups in total. The minimum atomic E-state index is -4.29. The molecule has 3 aromatic rings. The molecule has 0 saturated carbocycles. The fraction of sp³-hybridized carbons (Fsp3) is 0.200. The van der Waals surface area contributed by atoms with Gasteiger partial charge in [0, 0.05) is 0 Å². The Hall–Kier alpha value is -3.01. The van der Waals surface area contributed by atoms with Crippen LogP contribution in [-0.4, -0.2) is 12.0 Å². The van der Waals surface area contributed by atoms with E-state index in [1.165, 1.54) is 11.1 Å². The molecular formula is C25H27O5P. The second kappa shape index (κ2) is 10.3. The number of para-hydroxylation sites is 1. The predicted octanol–water partition coefficient (Wildman–Crippen LogP) is 6.98. The number of hydrogen-bond donors (Lipinski definition) is 1. The van der Waals surface area contributed by atoms with E-state index in [9.17, 15) is 9.46 Å².